The van der Waals surface area contributed by atoms with E-state index in [-0.39, 0.29) is 11.7 Å². The molecule has 0 atom stereocenters. The summed E-state index contributed by atoms with van der Waals surface area (Å²) in [7, 11) is 0. The number of benzene rings is 2. The van der Waals surface area contributed by atoms with Gasteiger partial charge in [-0.05, 0) is 67.7 Å². The first-order valence-electron chi connectivity index (χ1n) is 9.33. The van der Waals surface area contributed by atoms with Gasteiger partial charge in [0.15, 0.2) is 0 Å². The van der Waals surface area contributed by atoms with Crippen molar-refractivity contribution < 1.29 is 22.7 Å². The molecule has 7 heteroatoms. The summed E-state index contributed by atoms with van der Waals surface area (Å²) >= 11 is 0. The number of hydrogen-bond acceptors (Lipinski definition) is 3. The molecule has 28 heavy (non-hydrogen) atoms. The van der Waals surface area contributed by atoms with Gasteiger partial charge in [-0.3, -0.25) is 9.69 Å². The maximum Gasteiger partial charge on any atom is 0.573 e. The summed E-state index contributed by atoms with van der Waals surface area (Å²) in [6.45, 7) is 3.57. The molecule has 2 aromatic rings. The van der Waals surface area contributed by atoms with E-state index in [2.05, 4.69) is 15.0 Å². The van der Waals surface area contributed by atoms with Crippen molar-refractivity contribution in [3.05, 3.63) is 65.2 Å². The maximum atomic E-state index is 12.2. The van der Waals surface area contributed by atoms with Crippen LogP contribution in [0.4, 0.5) is 13.2 Å². The third-order valence-electron chi connectivity index (χ3n) is 4.68. The molecule has 0 aromatic heterocycles. The topological polar surface area (TPSA) is 41.6 Å². The van der Waals surface area contributed by atoms with Crippen LogP contribution in [0.15, 0.2) is 48.5 Å². The first-order chi connectivity index (χ1) is 13.4. The molecule has 0 spiro atoms. The van der Waals surface area contributed by atoms with Gasteiger partial charge in [-0.1, -0.05) is 24.3 Å². The molecular weight excluding hydrogens is 369 g/mol. The number of amides is 1. The first kappa shape index (κ1) is 20.2. The second kappa shape index (κ2) is 9.10. The van der Waals surface area contributed by atoms with E-state index in [1.807, 2.05) is 24.3 Å². The smallest absolute Gasteiger partial charge is 0.406 e. The normalized spacial score (nSPS) is 14.8. The Morgan fingerprint density at radius 1 is 0.964 bits per heavy atom. The third-order valence-corrected chi connectivity index (χ3v) is 4.68. The van der Waals surface area contributed by atoms with Crippen molar-refractivity contribution in [2.45, 2.75) is 32.2 Å². The molecule has 1 saturated heterocycles. The molecule has 1 heterocycles. The van der Waals surface area contributed by atoms with Crippen molar-refractivity contribution >= 4 is 5.91 Å². The molecule has 0 unspecified atom stereocenters. The molecule has 1 N–H and O–H groups in total. The quantitative estimate of drug-likeness (QED) is 0.770. The van der Waals surface area contributed by atoms with Crippen molar-refractivity contribution in [1.82, 2.24) is 10.2 Å². The molecule has 1 amide bonds. The molecule has 1 fully saturated rings. The molecule has 0 bridgehead atoms. The van der Waals surface area contributed by atoms with Gasteiger partial charge in [0.2, 0.25) is 0 Å². The Bertz CT molecular complexity index is 768. The molecule has 2 aromatic carbocycles. The number of alkyl halides is 3. The summed E-state index contributed by atoms with van der Waals surface area (Å²) in [5.74, 6) is -0.418. The summed E-state index contributed by atoms with van der Waals surface area (Å²) in [4.78, 5) is 14.6. The first-order valence-corrected chi connectivity index (χ1v) is 9.33. The Labute approximate surface area is 162 Å². The van der Waals surface area contributed by atoms with Gasteiger partial charge in [-0.2, -0.15) is 0 Å². The summed E-state index contributed by atoms with van der Waals surface area (Å²) in [6, 6.07) is 13.3. The number of likely N-dealkylation sites (tertiary alicyclic amines) is 1. The van der Waals surface area contributed by atoms with Crippen LogP contribution in [0.3, 0.4) is 0 Å². The number of carbonyl (C=O) groups excluding carboxylic acids is 1. The Hall–Kier alpha value is -2.54. The second-order valence-corrected chi connectivity index (χ2v) is 6.88. The van der Waals surface area contributed by atoms with E-state index in [1.54, 1.807) is 12.1 Å². The molecular formula is C21H23F3N2O2. The number of carbonyl (C=O) groups is 1. The van der Waals surface area contributed by atoms with E-state index in [9.17, 15) is 18.0 Å². The number of nitrogens with zero attached hydrogens (tertiary/aromatic N) is 1. The van der Waals surface area contributed by atoms with E-state index in [0.29, 0.717) is 18.5 Å². The zero-order chi connectivity index (χ0) is 20.0. The summed E-state index contributed by atoms with van der Waals surface area (Å²) in [5, 5.41) is 2.83. The highest BCUT2D eigenvalue weighted by Crippen LogP contribution is 2.22. The van der Waals surface area contributed by atoms with Crippen molar-refractivity contribution in [2.24, 2.45) is 0 Å². The van der Waals surface area contributed by atoms with Gasteiger partial charge in [0, 0.05) is 18.7 Å². The highest BCUT2D eigenvalue weighted by molar-refractivity contribution is 5.94. The zero-order valence-electron chi connectivity index (χ0n) is 15.5. The van der Waals surface area contributed by atoms with Gasteiger partial charge < -0.3 is 10.1 Å². The van der Waals surface area contributed by atoms with Gasteiger partial charge in [0.05, 0.1) is 0 Å². The lowest BCUT2D eigenvalue weighted by Gasteiger charge is -2.14. The molecule has 0 saturated carbocycles. The summed E-state index contributed by atoms with van der Waals surface area (Å²) in [5.41, 5.74) is 2.61. The van der Waals surface area contributed by atoms with E-state index < -0.39 is 6.36 Å². The molecule has 1 aliphatic rings. The average Bonchev–Trinajstić information content (AvgIpc) is 3.15. The fourth-order valence-corrected chi connectivity index (χ4v) is 3.24. The Kier molecular flexibility index (Phi) is 6.57. The van der Waals surface area contributed by atoms with E-state index >= 15 is 0 Å². The van der Waals surface area contributed by atoms with Crippen LogP contribution in [-0.4, -0.2) is 36.8 Å². The minimum Gasteiger partial charge on any atom is -0.406 e. The van der Waals surface area contributed by atoms with Crippen LogP contribution < -0.4 is 10.1 Å². The molecule has 0 aliphatic carbocycles. The summed E-state index contributed by atoms with van der Waals surface area (Å²) in [6.07, 6.45) is -1.68. The average molecular weight is 392 g/mol. The minimum absolute atomic E-state index is 0.162. The Morgan fingerprint density at radius 3 is 2.18 bits per heavy atom. The Balaban J connectivity index is 1.43. The SMILES string of the molecule is O=C(NCCc1ccc(OC(F)(F)F)cc1)c1ccc(CN2CCCC2)cc1. The van der Waals surface area contributed by atoms with Gasteiger partial charge in [-0.25, -0.2) is 0 Å². The maximum absolute atomic E-state index is 12.2. The second-order valence-electron chi connectivity index (χ2n) is 6.88. The monoisotopic (exact) mass is 392 g/mol. The van der Waals surface area contributed by atoms with Crippen LogP contribution in [0.2, 0.25) is 0 Å². The highest BCUT2D eigenvalue weighted by Gasteiger charge is 2.30. The van der Waals surface area contributed by atoms with Crippen molar-refractivity contribution in [1.29, 1.82) is 0 Å². The fraction of sp³-hybridized carbons (Fsp3) is 0.381. The largest absolute Gasteiger partial charge is 0.573 e. The predicted octanol–water partition coefficient (Wildman–Crippen LogP) is 4.15. The minimum atomic E-state index is -4.69. The molecule has 4 nitrogen and oxygen atoms in total. The number of halogens is 3. The van der Waals surface area contributed by atoms with Crippen LogP contribution in [0.5, 0.6) is 5.75 Å². The van der Waals surface area contributed by atoms with Crippen molar-refractivity contribution in [3.8, 4) is 5.75 Å². The lowest BCUT2D eigenvalue weighted by Crippen LogP contribution is -2.25. The van der Waals surface area contributed by atoms with Gasteiger partial charge in [-0.15, -0.1) is 13.2 Å². The van der Waals surface area contributed by atoms with Crippen LogP contribution in [0.1, 0.15) is 34.3 Å². The fourth-order valence-electron chi connectivity index (χ4n) is 3.24. The number of hydrogen-bond donors (Lipinski definition) is 1. The predicted molar refractivity (Wildman–Crippen MR) is 100 cm³/mol. The lowest BCUT2D eigenvalue weighted by atomic mass is 10.1. The zero-order valence-corrected chi connectivity index (χ0v) is 15.5. The van der Waals surface area contributed by atoms with Crippen LogP contribution in [0, 0.1) is 0 Å². The van der Waals surface area contributed by atoms with Crippen LogP contribution in [-0.2, 0) is 13.0 Å². The van der Waals surface area contributed by atoms with Crippen molar-refractivity contribution in [3.63, 3.8) is 0 Å². The lowest BCUT2D eigenvalue weighted by molar-refractivity contribution is -0.274. The molecule has 1 aliphatic heterocycles. The Morgan fingerprint density at radius 2 is 1.57 bits per heavy atom. The van der Waals surface area contributed by atoms with Crippen molar-refractivity contribution in [2.75, 3.05) is 19.6 Å². The van der Waals surface area contributed by atoms with Gasteiger partial charge in [0.25, 0.3) is 5.91 Å². The number of rotatable bonds is 7. The summed E-state index contributed by atoms with van der Waals surface area (Å²) < 4.78 is 40.3. The molecule has 150 valence electrons. The van der Waals surface area contributed by atoms with Crippen LogP contribution in [0.25, 0.3) is 0 Å². The van der Waals surface area contributed by atoms with E-state index in [4.69, 9.17) is 0 Å². The third kappa shape index (κ3) is 6.27. The number of ether oxygens (including phenoxy) is 1. The number of nitrogens with one attached hydrogen (secondary N) is 1. The van der Waals surface area contributed by atoms with Gasteiger partial charge in [0.1, 0.15) is 5.75 Å². The van der Waals surface area contributed by atoms with Gasteiger partial charge >= 0.3 is 6.36 Å². The van der Waals surface area contributed by atoms with Crippen LogP contribution >= 0.6 is 0 Å². The molecule has 0 radical (unpaired) electrons. The molecule has 3 rings (SSSR count). The highest BCUT2D eigenvalue weighted by atomic mass is 19.4. The van der Waals surface area contributed by atoms with E-state index in [1.165, 1.54) is 30.5 Å². The van der Waals surface area contributed by atoms with E-state index in [0.717, 1.165) is 25.2 Å². The standard InChI is InChI=1S/C21H23F3N2O2/c22-21(23,24)28-19-9-5-16(6-10-19)11-12-25-20(27)18-7-3-17(4-8-18)15-26-13-1-2-14-26/h3-10H,1-2,11-15H2,(H,25,27).